The van der Waals surface area contributed by atoms with Gasteiger partial charge in [0.15, 0.2) is 11.5 Å². The predicted molar refractivity (Wildman–Crippen MR) is 128 cm³/mol. The van der Waals surface area contributed by atoms with Crippen LogP contribution in [0.15, 0.2) is 30.3 Å². The summed E-state index contributed by atoms with van der Waals surface area (Å²) in [7, 11) is 1.52. The van der Waals surface area contributed by atoms with E-state index in [1.807, 2.05) is 27.7 Å². The van der Waals surface area contributed by atoms with Gasteiger partial charge in [0.25, 0.3) is 11.7 Å². The highest BCUT2D eigenvalue weighted by Gasteiger charge is 2.49. The summed E-state index contributed by atoms with van der Waals surface area (Å²) in [6, 6.07) is 7.95. The number of aromatic nitrogens is 1. The van der Waals surface area contributed by atoms with Gasteiger partial charge in [-0.25, -0.2) is 0 Å². The minimum absolute atomic E-state index is 0.0446. The molecule has 1 fully saturated rings. The van der Waals surface area contributed by atoms with Gasteiger partial charge in [-0.2, -0.15) is 13.2 Å². The van der Waals surface area contributed by atoms with Gasteiger partial charge in [0, 0.05) is 36.4 Å². The summed E-state index contributed by atoms with van der Waals surface area (Å²) in [5.41, 5.74) is -0.412. The van der Waals surface area contributed by atoms with Crippen molar-refractivity contribution in [2.75, 3.05) is 20.2 Å². The molecule has 0 aliphatic carbocycles. The molecule has 1 spiro atoms. The number of likely N-dealkylation sites (tertiary alicyclic amines) is 1. The monoisotopic (exact) mass is 507 g/mol. The quantitative estimate of drug-likeness (QED) is 0.602. The molecular weight excluding hydrogens is 475 g/mol. The van der Waals surface area contributed by atoms with Gasteiger partial charge in [0.2, 0.25) is 0 Å². The maximum absolute atomic E-state index is 13.3. The molecule has 2 aliphatic heterocycles. The molecule has 1 amide bonds. The summed E-state index contributed by atoms with van der Waals surface area (Å²) in [4.78, 5) is 27.1. The summed E-state index contributed by atoms with van der Waals surface area (Å²) in [5.74, 6) is -0.968. The number of carbonyl (C=O) groups excluding carboxylic acids is 2. The van der Waals surface area contributed by atoms with Crippen LogP contribution in [0.5, 0.6) is 11.5 Å². The fourth-order valence-electron chi connectivity index (χ4n) is 5.35. The van der Waals surface area contributed by atoms with Crippen molar-refractivity contribution in [2.45, 2.75) is 70.4 Å². The minimum atomic E-state index is -4.94. The molecule has 0 atom stereocenters. The van der Waals surface area contributed by atoms with Crippen LogP contribution >= 0.6 is 0 Å². The van der Waals surface area contributed by atoms with E-state index in [-0.39, 0.29) is 24.2 Å². The third-order valence-corrected chi connectivity index (χ3v) is 6.77. The highest BCUT2D eigenvalue weighted by molar-refractivity contribution is 5.99. The van der Waals surface area contributed by atoms with Crippen LogP contribution in [0.25, 0.3) is 0 Å². The molecule has 0 unspecified atom stereocenters. The Balaban J connectivity index is 1.57. The number of alkyl halides is 3. The zero-order valence-corrected chi connectivity index (χ0v) is 21.2. The van der Waals surface area contributed by atoms with E-state index in [4.69, 9.17) is 9.47 Å². The number of fused-ring (bicyclic) bond motifs is 2. The van der Waals surface area contributed by atoms with E-state index < -0.39 is 23.0 Å². The normalized spacial score (nSPS) is 18.8. The third kappa shape index (κ3) is 4.83. The number of nitrogens with one attached hydrogen (secondary N) is 1. The standard InChI is InChI=1S/C26H32F3N3O4/c1-16(2)36-19-8-6-17(14-20(19)35-5)23(34)31-12-10-25(11-13-31)21-9-7-18(22(33)26(27,28)29)32(21)15-24(3,4)30-25/h6-9,14,16,30H,10-13,15H2,1-5H3. The van der Waals surface area contributed by atoms with E-state index in [1.54, 1.807) is 29.2 Å². The molecule has 7 nitrogen and oxygen atoms in total. The molecule has 1 saturated heterocycles. The Bertz CT molecular complexity index is 1160. The Labute approximate surface area is 208 Å². The van der Waals surface area contributed by atoms with Gasteiger partial charge in [-0.3, -0.25) is 14.9 Å². The molecule has 10 heteroatoms. The van der Waals surface area contributed by atoms with Gasteiger partial charge in [-0.1, -0.05) is 0 Å². The number of benzene rings is 1. The lowest BCUT2D eigenvalue weighted by atomic mass is 9.79. The number of ether oxygens (including phenoxy) is 2. The van der Waals surface area contributed by atoms with E-state index in [0.717, 1.165) is 0 Å². The zero-order valence-electron chi connectivity index (χ0n) is 21.2. The van der Waals surface area contributed by atoms with Crippen molar-refractivity contribution in [3.05, 3.63) is 47.3 Å². The number of hydrogen-bond acceptors (Lipinski definition) is 5. The number of hydrogen-bond donors (Lipinski definition) is 1. The van der Waals surface area contributed by atoms with Crippen LogP contribution < -0.4 is 14.8 Å². The first-order chi connectivity index (χ1) is 16.8. The maximum atomic E-state index is 13.3. The minimum Gasteiger partial charge on any atom is -0.493 e. The average molecular weight is 508 g/mol. The molecule has 4 rings (SSSR count). The molecule has 2 aliphatic rings. The zero-order chi connectivity index (χ0) is 26.5. The molecule has 0 saturated carbocycles. The van der Waals surface area contributed by atoms with Gasteiger partial charge < -0.3 is 18.9 Å². The van der Waals surface area contributed by atoms with Crippen LogP contribution in [0, 0.1) is 0 Å². The largest absolute Gasteiger partial charge is 0.493 e. The molecule has 1 aromatic carbocycles. The average Bonchev–Trinajstić information content (AvgIpc) is 3.21. The van der Waals surface area contributed by atoms with E-state index in [0.29, 0.717) is 48.7 Å². The smallest absolute Gasteiger partial charge is 0.456 e. The van der Waals surface area contributed by atoms with Crippen LogP contribution in [-0.2, 0) is 12.1 Å². The molecular formula is C26H32F3N3O4. The summed E-state index contributed by atoms with van der Waals surface area (Å²) < 4.78 is 52.3. The summed E-state index contributed by atoms with van der Waals surface area (Å²) in [6.07, 6.45) is -3.99. The number of rotatable bonds is 5. The number of piperidine rings is 1. The second-order valence-corrected chi connectivity index (χ2v) is 10.4. The summed E-state index contributed by atoms with van der Waals surface area (Å²) in [5, 5.41) is 3.61. The molecule has 196 valence electrons. The third-order valence-electron chi connectivity index (χ3n) is 6.77. The lowest BCUT2D eigenvalue weighted by molar-refractivity contribution is -0.0892. The molecule has 2 aromatic rings. The van der Waals surface area contributed by atoms with Crippen molar-refractivity contribution >= 4 is 11.7 Å². The topological polar surface area (TPSA) is 72.8 Å². The molecule has 0 bridgehead atoms. The number of halogens is 3. The van der Waals surface area contributed by atoms with Crippen LogP contribution in [0.2, 0.25) is 0 Å². The van der Waals surface area contributed by atoms with Gasteiger partial charge in [-0.15, -0.1) is 0 Å². The molecule has 36 heavy (non-hydrogen) atoms. The highest BCUT2D eigenvalue weighted by Crippen LogP contribution is 2.41. The van der Waals surface area contributed by atoms with Crippen LogP contribution in [0.3, 0.4) is 0 Å². The molecule has 0 radical (unpaired) electrons. The van der Waals surface area contributed by atoms with Crippen LogP contribution in [-0.4, -0.2) is 59.2 Å². The Morgan fingerprint density at radius 3 is 2.31 bits per heavy atom. The fraction of sp³-hybridized carbons (Fsp3) is 0.538. The van der Waals surface area contributed by atoms with E-state index in [2.05, 4.69) is 5.32 Å². The summed E-state index contributed by atoms with van der Waals surface area (Å²) in [6.45, 7) is 8.67. The molecule has 1 N–H and O–H groups in total. The van der Waals surface area contributed by atoms with Crippen molar-refractivity contribution < 1.29 is 32.2 Å². The first kappa shape index (κ1) is 26.1. The van der Waals surface area contributed by atoms with Crippen molar-refractivity contribution in [3.63, 3.8) is 0 Å². The van der Waals surface area contributed by atoms with Crippen molar-refractivity contribution in [1.29, 1.82) is 0 Å². The van der Waals surface area contributed by atoms with Gasteiger partial charge in [0.1, 0.15) is 0 Å². The molecule has 1 aromatic heterocycles. The Morgan fingerprint density at radius 1 is 1.06 bits per heavy atom. The van der Waals surface area contributed by atoms with E-state index in [9.17, 15) is 22.8 Å². The Kier molecular flexibility index (Phi) is 6.61. The van der Waals surface area contributed by atoms with Gasteiger partial charge in [0.05, 0.1) is 24.4 Å². The summed E-state index contributed by atoms with van der Waals surface area (Å²) >= 11 is 0. The van der Waals surface area contributed by atoms with Crippen LogP contribution in [0.1, 0.15) is 67.1 Å². The number of carbonyl (C=O) groups is 2. The Morgan fingerprint density at radius 2 is 1.72 bits per heavy atom. The Hall–Kier alpha value is -3.01. The maximum Gasteiger partial charge on any atom is 0.456 e. The number of methoxy groups -OCH3 is 1. The SMILES string of the molecule is COc1cc(C(=O)N2CCC3(CC2)NC(C)(C)Cn2c(C(=O)C(F)(F)F)ccc23)ccc1OC(C)C. The van der Waals surface area contributed by atoms with Crippen molar-refractivity contribution in [1.82, 2.24) is 14.8 Å². The number of ketones is 1. The number of Topliss-reactive ketones (excluding diaryl/α,β-unsaturated/α-hetero) is 1. The van der Waals surface area contributed by atoms with Crippen LogP contribution in [0.4, 0.5) is 13.2 Å². The predicted octanol–water partition coefficient (Wildman–Crippen LogP) is 4.54. The number of nitrogens with zero attached hydrogens (tertiary/aromatic N) is 2. The van der Waals surface area contributed by atoms with E-state index >= 15 is 0 Å². The second-order valence-electron chi connectivity index (χ2n) is 10.4. The second kappa shape index (κ2) is 9.14. The number of amides is 1. The lowest BCUT2D eigenvalue weighted by Crippen LogP contribution is -2.63. The van der Waals surface area contributed by atoms with Gasteiger partial charge >= 0.3 is 6.18 Å². The molecule has 3 heterocycles. The first-order valence-electron chi connectivity index (χ1n) is 12.0. The van der Waals surface area contributed by atoms with Crippen molar-refractivity contribution in [3.8, 4) is 11.5 Å². The first-order valence-corrected chi connectivity index (χ1v) is 12.0. The highest BCUT2D eigenvalue weighted by atomic mass is 19.4. The van der Waals surface area contributed by atoms with Crippen molar-refractivity contribution in [2.24, 2.45) is 0 Å². The van der Waals surface area contributed by atoms with Gasteiger partial charge in [-0.05, 0) is 70.9 Å². The van der Waals surface area contributed by atoms with E-state index in [1.165, 1.54) is 17.7 Å². The lowest BCUT2D eigenvalue weighted by Gasteiger charge is -2.51. The fourth-order valence-corrected chi connectivity index (χ4v) is 5.35.